The minimum Gasteiger partial charge on any atom is -0.223 e. The highest BCUT2D eigenvalue weighted by molar-refractivity contribution is 7.91. The number of hydrogen-bond acceptors (Lipinski definition) is 2. The van der Waals surface area contributed by atoms with Crippen LogP contribution in [0.15, 0.2) is 41.3 Å². The van der Waals surface area contributed by atoms with Crippen molar-refractivity contribution >= 4 is 21.4 Å². The summed E-state index contributed by atoms with van der Waals surface area (Å²) >= 11 is 5.73. The van der Waals surface area contributed by atoms with Crippen LogP contribution < -0.4 is 0 Å². The van der Waals surface area contributed by atoms with Gasteiger partial charge in [-0.3, -0.25) is 0 Å². The quantitative estimate of drug-likeness (QED) is 0.723. The molecule has 0 aliphatic carbocycles. The second-order valence-corrected chi connectivity index (χ2v) is 7.93. The smallest absolute Gasteiger partial charge is 0.185 e. The molecule has 2 rings (SSSR count). The van der Waals surface area contributed by atoms with E-state index in [1.807, 2.05) is 0 Å². The SMILES string of the molecule is CC(C)C(c1c(F)ccc(F)c1F)S(=O)(=O)c1ccc(Cl)cc1. The van der Waals surface area contributed by atoms with Gasteiger partial charge in [0, 0.05) is 10.6 Å². The molecule has 0 saturated carbocycles. The van der Waals surface area contributed by atoms with E-state index in [1.54, 1.807) is 0 Å². The van der Waals surface area contributed by atoms with E-state index in [2.05, 4.69) is 0 Å². The first-order valence-corrected chi connectivity index (χ1v) is 8.71. The van der Waals surface area contributed by atoms with Gasteiger partial charge in [-0.25, -0.2) is 21.6 Å². The molecular weight excluding hydrogens is 349 g/mol. The standard InChI is InChI=1S/C16H14ClF3O2S/c1-9(2)16(14-12(18)7-8-13(19)15(14)20)23(21,22)11-5-3-10(17)4-6-11/h3-9,16H,1-2H3. The Morgan fingerprint density at radius 3 is 1.96 bits per heavy atom. The van der Waals surface area contributed by atoms with Crippen molar-refractivity contribution < 1.29 is 21.6 Å². The van der Waals surface area contributed by atoms with Crippen molar-refractivity contribution in [1.29, 1.82) is 0 Å². The highest BCUT2D eigenvalue weighted by Gasteiger charge is 2.37. The van der Waals surface area contributed by atoms with Gasteiger partial charge in [0.25, 0.3) is 0 Å². The third-order valence-corrected chi connectivity index (χ3v) is 6.08. The van der Waals surface area contributed by atoms with Crippen molar-refractivity contribution in [3.05, 3.63) is 64.4 Å². The second kappa shape index (κ2) is 6.53. The molecule has 0 spiro atoms. The maximum Gasteiger partial charge on any atom is 0.185 e. The summed E-state index contributed by atoms with van der Waals surface area (Å²) < 4.78 is 67.2. The van der Waals surface area contributed by atoms with Gasteiger partial charge in [-0.2, -0.15) is 0 Å². The zero-order valence-electron chi connectivity index (χ0n) is 12.4. The van der Waals surface area contributed by atoms with Gasteiger partial charge < -0.3 is 0 Å². The highest BCUT2D eigenvalue weighted by atomic mass is 35.5. The van der Waals surface area contributed by atoms with E-state index >= 15 is 0 Å². The van der Waals surface area contributed by atoms with Crippen molar-refractivity contribution in [3.63, 3.8) is 0 Å². The Hall–Kier alpha value is -1.53. The summed E-state index contributed by atoms with van der Waals surface area (Å²) in [6.07, 6.45) is 0. The van der Waals surface area contributed by atoms with Crippen molar-refractivity contribution in [2.24, 2.45) is 5.92 Å². The van der Waals surface area contributed by atoms with E-state index in [1.165, 1.54) is 38.1 Å². The third kappa shape index (κ3) is 3.38. The van der Waals surface area contributed by atoms with Gasteiger partial charge in [-0.15, -0.1) is 0 Å². The first kappa shape index (κ1) is 17.8. The summed E-state index contributed by atoms with van der Waals surface area (Å²) in [6, 6.07) is 6.58. The Morgan fingerprint density at radius 1 is 0.913 bits per heavy atom. The number of rotatable bonds is 4. The molecule has 0 bridgehead atoms. The zero-order valence-corrected chi connectivity index (χ0v) is 13.9. The van der Waals surface area contributed by atoms with Crippen molar-refractivity contribution in [2.45, 2.75) is 24.0 Å². The van der Waals surface area contributed by atoms with Crippen LogP contribution in [0.1, 0.15) is 24.7 Å². The molecule has 1 unspecified atom stereocenters. The number of benzene rings is 2. The molecule has 23 heavy (non-hydrogen) atoms. The average Bonchev–Trinajstić information content (AvgIpc) is 2.47. The van der Waals surface area contributed by atoms with Gasteiger partial charge >= 0.3 is 0 Å². The summed E-state index contributed by atoms with van der Waals surface area (Å²) in [5, 5.41) is -1.23. The summed E-state index contributed by atoms with van der Waals surface area (Å²) in [5.41, 5.74) is -0.782. The van der Waals surface area contributed by atoms with E-state index in [4.69, 9.17) is 11.6 Å². The van der Waals surface area contributed by atoms with Gasteiger partial charge in [0.15, 0.2) is 21.5 Å². The molecule has 0 N–H and O–H groups in total. The van der Waals surface area contributed by atoms with E-state index in [0.29, 0.717) is 11.1 Å². The van der Waals surface area contributed by atoms with Crippen molar-refractivity contribution in [2.75, 3.05) is 0 Å². The molecule has 0 aliphatic rings. The minimum atomic E-state index is -4.14. The molecule has 7 heteroatoms. The fourth-order valence-corrected chi connectivity index (χ4v) is 4.60. The minimum absolute atomic E-state index is 0.135. The molecule has 2 nitrogen and oxygen atoms in total. The molecule has 2 aromatic rings. The molecule has 2 aromatic carbocycles. The van der Waals surface area contributed by atoms with Gasteiger partial charge in [0.1, 0.15) is 5.82 Å². The van der Waals surface area contributed by atoms with Gasteiger partial charge in [-0.1, -0.05) is 25.4 Å². The average molecular weight is 363 g/mol. The van der Waals surface area contributed by atoms with Crippen molar-refractivity contribution in [3.8, 4) is 0 Å². The fraction of sp³-hybridized carbons (Fsp3) is 0.250. The lowest BCUT2D eigenvalue weighted by Gasteiger charge is -2.23. The Labute approximate surface area is 137 Å². The van der Waals surface area contributed by atoms with Crippen LogP contribution in [0.2, 0.25) is 5.02 Å². The van der Waals surface area contributed by atoms with Gasteiger partial charge in [-0.05, 0) is 42.3 Å². The molecule has 0 saturated heterocycles. The first-order valence-electron chi connectivity index (χ1n) is 6.79. The molecule has 0 amide bonds. The molecule has 124 valence electrons. The number of halogens is 4. The summed E-state index contributed by atoms with van der Waals surface area (Å²) in [4.78, 5) is -0.135. The third-order valence-electron chi connectivity index (χ3n) is 3.45. The van der Waals surface area contributed by atoms with E-state index in [0.717, 1.165) is 6.07 Å². The molecule has 0 aliphatic heterocycles. The predicted molar refractivity (Wildman–Crippen MR) is 82.5 cm³/mol. The largest absolute Gasteiger partial charge is 0.223 e. The Bertz CT molecular complexity index is 818. The van der Waals surface area contributed by atoms with E-state index in [9.17, 15) is 21.6 Å². The van der Waals surface area contributed by atoms with E-state index < -0.39 is 44.0 Å². The van der Waals surface area contributed by atoms with Crippen LogP contribution in [0.25, 0.3) is 0 Å². The van der Waals surface area contributed by atoms with Crippen LogP contribution in [0, 0.1) is 23.4 Å². The molecule has 0 radical (unpaired) electrons. The van der Waals surface area contributed by atoms with Crippen LogP contribution in [-0.4, -0.2) is 8.42 Å². The maximum absolute atomic E-state index is 14.1. The molecule has 1 atom stereocenters. The number of sulfone groups is 1. The Morgan fingerprint density at radius 2 is 1.43 bits per heavy atom. The first-order chi connectivity index (χ1) is 10.7. The summed E-state index contributed by atoms with van der Waals surface area (Å²) in [5.74, 6) is -4.55. The van der Waals surface area contributed by atoms with Crippen LogP contribution in [0.4, 0.5) is 13.2 Å². The summed E-state index contributed by atoms with van der Waals surface area (Å²) in [7, 11) is -4.14. The van der Waals surface area contributed by atoms with Crippen molar-refractivity contribution in [1.82, 2.24) is 0 Å². The monoisotopic (exact) mass is 362 g/mol. The van der Waals surface area contributed by atoms with Crippen LogP contribution >= 0.6 is 11.6 Å². The zero-order chi connectivity index (χ0) is 17.4. The topological polar surface area (TPSA) is 34.1 Å². The fourth-order valence-electron chi connectivity index (χ4n) is 2.42. The molecular formula is C16H14ClF3O2S. The lowest BCUT2D eigenvalue weighted by molar-refractivity contribution is 0.454. The summed E-state index contributed by atoms with van der Waals surface area (Å²) in [6.45, 7) is 3.00. The van der Waals surface area contributed by atoms with Gasteiger partial charge in [0.05, 0.1) is 10.1 Å². The predicted octanol–water partition coefficient (Wildman–Crippen LogP) is 4.93. The normalized spacial score (nSPS) is 13.3. The lowest BCUT2D eigenvalue weighted by atomic mass is 10.0. The van der Waals surface area contributed by atoms with Crippen LogP contribution in [0.3, 0.4) is 0 Å². The number of hydrogen-bond donors (Lipinski definition) is 0. The highest BCUT2D eigenvalue weighted by Crippen LogP contribution is 2.38. The lowest BCUT2D eigenvalue weighted by Crippen LogP contribution is -2.22. The molecule has 0 heterocycles. The molecule has 0 fully saturated rings. The molecule has 0 aromatic heterocycles. The maximum atomic E-state index is 14.1. The Kier molecular flexibility index (Phi) is 5.06. The van der Waals surface area contributed by atoms with Gasteiger partial charge in [0.2, 0.25) is 0 Å². The van der Waals surface area contributed by atoms with E-state index in [-0.39, 0.29) is 4.90 Å². The second-order valence-electron chi connectivity index (χ2n) is 5.42. The Balaban J connectivity index is 2.69. The van der Waals surface area contributed by atoms with Crippen LogP contribution in [-0.2, 0) is 9.84 Å². The van der Waals surface area contributed by atoms with Crippen LogP contribution in [0.5, 0.6) is 0 Å².